The summed E-state index contributed by atoms with van der Waals surface area (Å²) in [7, 11) is 0. The van der Waals surface area contributed by atoms with Crippen LogP contribution in [0, 0.1) is 0 Å². The first-order valence-corrected chi connectivity index (χ1v) is 8.58. The molecule has 1 amide bonds. The number of carbonyl (C=O) groups excluding carboxylic acids is 1. The Labute approximate surface area is 140 Å². The van der Waals surface area contributed by atoms with Gasteiger partial charge < -0.3 is 14.5 Å². The summed E-state index contributed by atoms with van der Waals surface area (Å²) in [4.78, 5) is 18.8. The number of amides is 1. The maximum Gasteiger partial charge on any atom is 0.410 e. The SMILES string of the molecule is C=CC(=C)N1CCC(N2CCN(C(=O)OC(C)(C)C)CC2)CC1. The number of hydrogen-bond donors (Lipinski definition) is 0. The van der Waals surface area contributed by atoms with E-state index in [1.54, 1.807) is 0 Å². The van der Waals surface area contributed by atoms with Gasteiger partial charge in [0.05, 0.1) is 0 Å². The number of ether oxygens (including phenoxy) is 1. The van der Waals surface area contributed by atoms with Crippen molar-refractivity contribution in [3.63, 3.8) is 0 Å². The van der Waals surface area contributed by atoms with Crippen molar-refractivity contribution in [1.29, 1.82) is 0 Å². The molecule has 2 aliphatic rings. The molecule has 0 aromatic carbocycles. The summed E-state index contributed by atoms with van der Waals surface area (Å²) in [5, 5.41) is 0. The van der Waals surface area contributed by atoms with Crippen molar-refractivity contribution >= 4 is 6.09 Å². The summed E-state index contributed by atoms with van der Waals surface area (Å²) in [6.45, 7) is 19.0. The highest BCUT2D eigenvalue weighted by molar-refractivity contribution is 5.68. The zero-order valence-corrected chi connectivity index (χ0v) is 14.9. The molecule has 2 heterocycles. The smallest absolute Gasteiger partial charge is 0.410 e. The van der Waals surface area contributed by atoms with Crippen LogP contribution in [0.2, 0.25) is 0 Å². The largest absolute Gasteiger partial charge is 0.444 e. The molecule has 5 nitrogen and oxygen atoms in total. The van der Waals surface area contributed by atoms with Gasteiger partial charge in [-0.1, -0.05) is 13.2 Å². The van der Waals surface area contributed by atoms with Gasteiger partial charge in [-0.15, -0.1) is 0 Å². The molecule has 0 atom stereocenters. The number of allylic oxidation sites excluding steroid dienone is 1. The van der Waals surface area contributed by atoms with E-state index in [1.807, 2.05) is 31.7 Å². The zero-order chi connectivity index (χ0) is 17.0. The molecule has 0 bridgehead atoms. The van der Waals surface area contributed by atoms with Crippen molar-refractivity contribution in [1.82, 2.24) is 14.7 Å². The van der Waals surface area contributed by atoms with Crippen LogP contribution >= 0.6 is 0 Å². The third kappa shape index (κ3) is 4.99. The van der Waals surface area contributed by atoms with Crippen LogP contribution in [0.4, 0.5) is 4.79 Å². The minimum absolute atomic E-state index is 0.186. The quantitative estimate of drug-likeness (QED) is 0.749. The predicted octanol–water partition coefficient (Wildman–Crippen LogP) is 2.70. The number of rotatable bonds is 3. The average molecular weight is 321 g/mol. The van der Waals surface area contributed by atoms with Gasteiger partial charge in [0, 0.05) is 51.0 Å². The van der Waals surface area contributed by atoms with Gasteiger partial charge in [-0.3, -0.25) is 4.90 Å². The van der Waals surface area contributed by atoms with Crippen LogP contribution in [-0.4, -0.2) is 71.7 Å². The monoisotopic (exact) mass is 321 g/mol. The summed E-state index contributed by atoms with van der Waals surface area (Å²) in [5.41, 5.74) is 0.604. The summed E-state index contributed by atoms with van der Waals surface area (Å²) in [5.74, 6) is 0. The first kappa shape index (κ1) is 17.9. The van der Waals surface area contributed by atoms with Gasteiger partial charge in [0.25, 0.3) is 0 Å². The Morgan fingerprint density at radius 2 is 1.61 bits per heavy atom. The van der Waals surface area contributed by atoms with E-state index in [9.17, 15) is 4.79 Å². The molecular weight excluding hydrogens is 290 g/mol. The Morgan fingerprint density at radius 3 is 2.09 bits per heavy atom. The Balaban J connectivity index is 1.76. The molecular formula is C18H31N3O2. The minimum Gasteiger partial charge on any atom is -0.444 e. The van der Waals surface area contributed by atoms with Gasteiger partial charge in [0.15, 0.2) is 0 Å². The molecule has 0 aromatic rings. The van der Waals surface area contributed by atoms with E-state index in [0.717, 1.165) is 57.8 Å². The van der Waals surface area contributed by atoms with Crippen LogP contribution < -0.4 is 0 Å². The fourth-order valence-electron chi connectivity index (χ4n) is 3.24. The van der Waals surface area contributed by atoms with E-state index in [1.165, 1.54) is 0 Å². The molecule has 2 aliphatic heterocycles. The lowest BCUT2D eigenvalue weighted by Crippen LogP contribution is -2.54. The van der Waals surface area contributed by atoms with Crippen LogP contribution in [0.15, 0.2) is 24.9 Å². The predicted molar refractivity (Wildman–Crippen MR) is 93.3 cm³/mol. The van der Waals surface area contributed by atoms with Crippen LogP contribution in [0.3, 0.4) is 0 Å². The molecule has 0 unspecified atom stereocenters. The summed E-state index contributed by atoms with van der Waals surface area (Å²) in [6.07, 6.45) is 3.95. The van der Waals surface area contributed by atoms with Crippen molar-refractivity contribution in [3.05, 3.63) is 24.9 Å². The first-order valence-electron chi connectivity index (χ1n) is 8.58. The Bertz CT molecular complexity index is 440. The van der Waals surface area contributed by atoms with E-state index in [2.05, 4.69) is 23.0 Å². The molecule has 0 aliphatic carbocycles. The lowest BCUT2D eigenvalue weighted by Gasteiger charge is -2.43. The second-order valence-corrected chi connectivity index (χ2v) is 7.42. The third-order valence-corrected chi connectivity index (χ3v) is 4.59. The van der Waals surface area contributed by atoms with E-state index in [0.29, 0.717) is 6.04 Å². The van der Waals surface area contributed by atoms with Crippen LogP contribution in [-0.2, 0) is 4.74 Å². The molecule has 0 aromatic heterocycles. The summed E-state index contributed by atoms with van der Waals surface area (Å²) >= 11 is 0. The normalized spacial score (nSPS) is 21.2. The second kappa shape index (κ2) is 7.39. The molecule has 2 rings (SSSR count). The lowest BCUT2D eigenvalue weighted by molar-refractivity contribution is 0.00676. The van der Waals surface area contributed by atoms with Crippen molar-refractivity contribution in [2.75, 3.05) is 39.3 Å². The van der Waals surface area contributed by atoms with Gasteiger partial charge >= 0.3 is 6.09 Å². The van der Waals surface area contributed by atoms with E-state index >= 15 is 0 Å². The summed E-state index contributed by atoms with van der Waals surface area (Å²) in [6, 6.07) is 0.615. The molecule has 0 radical (unpaired) electrons. The Hall–Kier alpha value is -1.49. The number of likely N-dealkylation sites (tertiary alicyclic amines) is 1. The van der Waals surface area contributed by atoms with Crippen LogP contribution in [0.25, 0.3) is 0 Å². The molecule has 0 saturated carbocycles. The van der Waals surface area contributed by atoms with Gasteiger partial charge in [-0.2, -0.15) is 0 Å². The maximum absolute atomic E-state index is 12.1. The van der Waals surface area contributed by atoms with Gasteiger partial charge in [0.2, 0.25) is 0 Å². The van der Waals surface area contributed by atoms with E-state index in [4.69, 9.17) is 4.74 Å². The fraction of sp³-hybridized carbons (Fsp3) is 0.722. The first-order chi connectivity index (χ1) is 10.8. The Kier molecular flexibility index (Phi) is 5.74. The van der Waals surface area contributed by atoms with Crippen molar-refractivity contribution in [2.45, 2.75) is 45.3 Å². The fourth-order valence-corrected chi connectivity index (χ4v) is 3.24. The zero-order valence-electron chi connectivity index (χ0n) is 14.9. The number of hydrogen-bond acceptors (Lipinski definition) is 4. The van der Waals surface area contributed by atoms with Gasteiger partial charge in [-0.05, 0) is 39.7 Å². The Morgan fingerprint density at radius 1 is 1.04 bits per heavy atom. The van der Waals surface area contributed by atoms with E-state index in [-0.39, 0.29) is 6.09 Å². The van der Waals surface area contributed by atoms with Crippen molar-refractivity contribution in [2.24, 2.45) is 0 Å². The maximum atomic E-state index is 12.1. The number of piperidine rings is 1. The second-order valence-electron chi connectivity index (χ2n) is 7.42. The lowest BCUT2D eigenvalue weighted by atomic mass is 10.0. The van der Waals surface area contributed by atoms with Gasteiger partial charge in [0.1, 0.15) is 5.60 Å². The number of piperazine rings is 1. The summed E-state index contributed by atoms with van der Waals surface area (Å²) < 4.78 is 5.45. The molecule has 5 heteroatoms. The highest BCUT2D eigenvalue weighted by Gasteiger charge is 2.30. The molecule has 2 fully saturated rings. The highest BCUT2D eigenvalue weighted by Crippen LogP contribution is 2.21. The molecule has 23 heavy (non-hydrogen) atoms. The molecule has 0 spiro atoms. The average Bonchev–Trinajstić information content (AvgIpc) is 2.53. The minimum atomic E-state index is -0.422. The van der Waals surface area contributed by atoms with Crippen molar-refractivity contribution in [3.8, 4) is 0 Å². The van der Waals surface area contributed by atoms with Crippen molar-refractivity contribution < 1.29 is 9.53 Å². The number of nitrogens with zero attached hydrogens (tertiary/aromatic N) is 3. The molecule has 2 saturated heterocycles. The number of carbonyl (C=O) groups is 1. The molecule has 0 N–H and O–H groups in total. The topological polar surface area (TPSA) is 36.0 Å². The highest BCUT2D eigenvalue weighted by atomic mass is 16.6. The van der Waals surface area contributed by atoms with Gasteiger partial charge in [-0.25, -0.2) is 4.79 Å². The standard InChI is InChI=1S/C18H31N3O2/c1-6-15(2)19-9-7-16(8-10-19)20-11-13-21(14-12-20)17(22)23-18(3,4)5/h6,16H,1-2,7-14H2,3-5H3. The van der Waals surface area contributed by atoms with E-state index < -0.39 is 5.60 Å². The van der Waals surface area contributed by atoms with Crippen LogP contribution in [0.1, 0.15) is 33.6 Å². The molecule has 130 valence electrons. The van der Waals surface area contributed by atoms with Crippen LogP contribution in [0.5, 0.6) is 0 Å². The third-order valence-electron chi connectivity index (χ3n) is 4.59.